The first-order chi connectivity index (χ1) is 13.6. The van der Waals surface area contributed by atoms with Crippen LogP contribution in [0.4, 0.5) is 5.69 Å². The molecule has 0 aliphatic carbocycles. The van der Waals surface area contributed by atoms with Crippen LogP contribution < -0.4 is 4.90 Å². The molecule has 28 heavy (non-hydrogen) atoms. The van der Waals surface area contributed by atoms with Crippen molar-refractivity contribution in [2.45, 2.75) is 19.3 Å². The van der Waals surface area contributed by atoms with E-state index in [9.17, 15) is 9.59 Å². The molecule has 2 aromatic carbocycles. The second-order valence-corrected chi connectivity index (χ2v) is 6.68. The molecule has 0 saturated heterocycles. The Labute approximate surface area is 162 Å². The van der Waals surface area contributed by atoms with Crippen molar-refractivity contribution >= 4 is 17.6 Å². The molecule has 0 fully saturated rings. The molecule has 1 aromatic heterocycles. The van der Waals surface area contributed by atoms with E-state index in [2.05, 4.69) is 4.98 Å². The van der Waals surface area contributed by atoms with Crippen LogP contribution in [0.5, 0.6) is 0 Å². The molecule has 2 heterocycles. The van der Waals surface area contributed by atoms with Crippen LogP contribution in [0.1, 0.15) is 34.2 Å². The minimum Gasteiger partial charge on any atom is -0.469 e. The number of carbonyl (C=O) groups excluding carboxylic acids is 2. The van der Waals surface area contributed by atoms with Crippen molar-refractivity contribution in [2.75, 3.05) is 18.6 Å². The summed E-state index contributed by atoms with van der Waals surface area (Å²) in [6.45, 7) is 2.16. The molecule has 0 radical (unpaired) electrons. The summed E-state index contributed by atoms with van der Waals surface area (Å²) in [4.78, 5) is 31.5. The largest absolute Gasteiger partial charge is 0.469 e. The predicted molar refractivity (Wildman–Crippen MR) is 104 cm³/mol. The number of nitrogens with zero attached hydrogens (tertiary/aromatic N) is 2. The third-order valence-corrected chi connectivity index (χ3v) is 4.99. The van der Waals surface area contributed by atoms with Crippen LogP contribution in [0.2, 0.25) is 0 Å². The summed E-state index contributed by atoms with van der Waals surface area (Å²) >= 11 is 0. The van der Waals surface area contributed by atoms with Crippen molar-refractivity contribution in [3.63, 3.8) is 0 Å². The number of aromatic nitrogens is 1. The van der Waals surface area contributed by atoms with Gasteiger partial charge in [0.15, 0.2) is 0 Å². The van der Waals surface area contributed by atoms with Gasteiger partial charge in [0.05, 0.1) is 18.7 Å². The van der Waals surface area contributed by atoms with E-state index in [-0.39, 0.29) is 23.6 Å². The SMILES string of the molecule is COC(=O)[C@@H]1CCN(C(=O)c2oc(-c3ccccc3)nc2C)c2ccccc21. The van der Waals surface area contributed by atoms with Gasteiger partial charge < -0.3 is 14.1 Å². The number of carbonyl (C=O) groups is 2. The van der Waals surface area contributed by atoms with Gasteiger partial charge in [-0.2, -0.15) is 0 Å². The van der Waals surface area contributed by atoms with Crippen LogP contribution in [0.15, 0.2) is 59.0 Å². The van der Waals surface area contributed by atoms with E-state index in [0.29, 0.717) is 30.2 Å². The molecule has 6 heteroatoms. The molecule has 1 amide bonds. The van der Waals surface area contributed by atoms with Crippen molar-refractivity contribution in [3.8, 4) is 11.5 Å². The van der Waals surface area contributed by atoms with Crippen molar-refractivity contribution in [1.82, 2.24) is 4.98 Å². The number of rotatable bonds is 3. The molecule has 0 saturated carbocycles. The highest BCUT2D eigenvalue weighted by molar-refractivity contribution is 6.06. The lowest BCUT2D eigenvalue weighted by Gasteiger charge is -2.32. The summed E-state index contributed by atoms with van der Waals surface area (Å²) in [5.74, 6) is -0.296. The number of aryl methyl sites for hydroxylation is 1. The quantitative estimate of drug-likeness (QED) is 0.647. The van der Waals surface area contributed by atoms with Gasteiger partial charge in [0, 0.05) is 17.8 Å². The number of ether oxygens (including phenoxy) is 1. The number of para-hydroxylation sites is 1. The highest BCUT2D eigenvalue weighted by Crippen LogP contribution is 2.37. The van der Waals surface area contributed by atoms with E-state index in [1.807, 2.05) is 54.6 Å². The van der Waals surface area contributed by atoms with E-state index in [4.69, 9.17) is 9.15 Å². The van der Waals surface area contributed by atoms with Gasteiger partial charge in [-0.1, -0.05) is 36.4 Å². The van der Waals surface area contributed by atoms with Gasteiger partial charge >= 0.3 is 5.97 Å². The van der Waals surface area contributed by atoms with Gasteiger partial charge in [-0.05, 0) is 37.1 Å². The standard InChI is InChI=1S/C22H20N2O4/c1-14-19(28-20(23-14)15-8-4-3-5-9-15)21(25)24-13-12-17(22(26)27-2)16-10-6-7-11-18(16)24/h3-11,17H,12-13H2,1-2H3/t17-/m1/s1. The highest BCUT2D eigenvalue weighted by atomic mass is 16.5. The lowest BCUT2D eigenvalue weighted by molar-refractivity contribution is -0.142. The zero-order valence-corrected chi connectivity index (χ0v) is 15.7. The van der Waals surface area contributed by atoms with Crippen LogP contribution in [0.3, 0.4) is 0 Å². The Bertz CT molecular complexity index is 1030. The molecular weight excluding hydrogens is 356 g/mol. The van der Waals surface area contributed by atoms with Crippen molar-refractivity contribution < 1.29 is 18.7 Å². The van der Waals surface area contributed by atoms with Crippen LogP contribution in [-0.2, 0) is 9.53 Å². The van der Waals surface area contributed by atoms with Gasteiger partial charge in [-0.3, -0.25) is 9.59 Å². The van der Waals surface area contributed by atoms with Crippen LogP contribution in [0.25, 0.3) is 11.5 Å². The minimum atomic E-state index is -0.374. The maximum atomic E-state index is 13.3. The average molecular weight is 376 g/mol. The second-order valence-electron chi connectivity index (χ2n) is 6.68. The summed E-state index contributed by atoms with van der Waals surface area (Å²) in [6.07, 6.45) is 0.494. The van der Waals surface area contributed by atoms with E-state index in [0.717, 1.165) is 11.1 Å². The normalized spacial score (nSPS) is 15.8. The lowest BCUT2D eigenvalue weighted by atomic mass is 9.89. The second kappa shape index (κ2) is 7.31. The fraction of sp³-hybridized carbons (Fsp3) is 0.227. The zero-order valence-electron chi connectivity index (χ0n) is 15.7. The topological polar surface area (TPSA) is 72.6 Å². The van der Waals surface area contributed by atoms with Crippen LogP contribution in [0, 0.1) is 6.92 Å². The first-order valence-corrected chi connectivity index (χ1v) is 9.11. The molecule has 1 aliphatic rings. The zero-order chi connectivity index (χ0) is 19.7. The third kappa shape index (κ3) is 3.07. The number of oxazole rings is 1. The number of anilines is 1. The summed E-state index contributed by atoms with van der Waals surface area (Å²) in [6, 6.07) is 16.9. The fourth-order valence-electron chi connectivity index (χ4n) is 3.58. The first kappa shape index (κ1) is 18.0. The molecule has 1 atom stereocenters. The van der Waals surface area contributed by atoms with Gasteiger partial charge in [0.2, 0.25) is 11.7 Å². The summed E-state index contributed by atoms with van der Waals surface area (Å²) in [5, 5.41) is 0. The van der Waals surface area contributed by atoms with Gasteiger partial charge in [0.25, 0.3) is 5.91 Å². The van der Waals surface area contributed by atoms with Crippen molar-refractivity contribution in [2.24, 2.45) is 0 Å². The maximum absolute atomic E-state index is 13.3. The molecule has 6 nitrogen and oxygen atoms in total. The molecule has 0 bridgehead atoms. The number of hydrogen-bond donors (Lipinski definition) is 0. The van der Waals surface area contributed by atoms with Crippen molar-refractivity contribution in [1.29, 1.82) is 0 Å². The van der Waals surface area contributed by atoms with E-state index >= 15 is 0 Å². The Morgan fingerprint density at radius 3 is 2.57 bits per heavy atom. The molecular formula is C22H20N2O4. The number of benzene rings is 2. The predicted octanol–water partition coefficient (Wildman–Crippen LogP) is 3.96. The Morgan fingerprint density at radius 2 is 1.82 bits per heavy atom. The average Bonchev–Trinajstić information content (AvgIpc) is 3.14. The molecule has 0 N–H and O–H groups in total. The summed E-state index contributed by atoms with van der Waals surface area (Å²) in [7, 11) is 1.38. The molecule has 142 valence electrons. The number of methoxy groups -OCH3 is 1. The monoisotopic (exact) mass is 376 g/mol. The summed E-state index contributed by atoms with van der Waals surface area (Å²) in [5.41, 5.74) is 2.84. The Hall–Kier alpha value is -3.41. The summed E-state index contributed by atoms with van der Waals surface area (Å²) < 4.78 is 10.8. The lowest BCUT2D eigenvalue weighted by Crippen LogP contribution is -2.38. The molecule has 4 rings (SSSR count). The molecule has 1 aliphatic heterocycles. The van der Waals surface area contributed by atoms with Crippen LogP contribution in [-0.4, -0.2) is 30.5 Å². The van der Waals surface area contributed by atoms with Gasteiger partial charge in [0.1, 0.15) is 0 Å². The van der Waals surface area contributed by atoms with Crippen molar-refractivity contribution in [3.05, 3.63) is 71.6 Å². The molecule has 0 spiro atoms. The van der Waals surface area contributed by atoms with Crippen LogP contribution >= 0.6 is 0 Å². The number of fused-ring (bicyclic) bond motifs is 1. The first-order valence-electron chi connectivity index (χ1n) is 9.11. The van der Waals surface area contributed by atoms with Gasteiger partial charge in [-0.15, -0.1) is 0 Å². The minimum absolute atomic E-state index is 0.213. The molecule has 0 unspecified atom stereocenters. The molecule has 3 aromatic rings. The third-order valence-electron chi connectivity index (χ3n) is 4.99. The smallest absolute Gasteiger partial charge is 0.313 e. The highest BCUT2D eigenvalue weighted by Gasteiger charge is 2.35. The Morgan fingerprint density at radius 1 is 1.11 bits per heavy atom. The van der Waals surface area contributed by atoms with E-state index in [1.54, 1.807) is 11.8 Å². The number of amides is 1. The van der Waals surface area contributed by atoms with E-state index < -0.39 is 0 Å². The maximum Gasteiger partial charge on any atom is 0.313 e. The fourth-order valence-corrected chi connectivity index (χ4v) is 3.58. The number of hydrogen-bond acceptors (Lipinski definition) is 5. The Kier molecular flexibility index (Phi) is 4.69. The Balaban J connectivity index is 1.69. The van der Waals surface area contributed by atoms with Gasteiger partial charge in [-0.25, -0.2) is 4.98 Å². The number of esters is 1. The van der Waals surface area contributed by atoms with E-state index in [1.165, 1.54) is 7.11 Å².